The molecule has 0 heterocycles. The van der Waals surface area contributed by atoms with E-state index in [1.807, 2.05) is 6.92 Å². The van der Waals surface area contributed by atoms with Crippen molar-refractivity contribution in [2.45, 2.75) is 38.7 Å². The van der Waals surface area contributed by atoms with Gasteiger partial charge in [-0.1, -0.05) is 19.1 Å². The van der Waals surface area contributed by atoms with Crippen molar-refractivity contribution >= 4 is 5.97 Å². The summed E-state index contributed by atoms with van der Waals surface area (Å²) < 4.78 is 5.54. The van der Waals surface area contributed by atoms with Gasteiger partial charge in [0.15, 0.2) is 0 Å². The van der Waals surface area contributed by atoms with Crippen molar-refractivity contribution in [1.29, 1.82) is 0 Å². The van der Waals surface area contributed by atoms with Crippen LogP contribution in [0.3, 0.4) is 0 Å². The van der Waals surface area contributed by atoms with Crippen LogP contribution in [0.1, 0.15) is 32.6 Å². The largest absolute Gasteiger partial charge is 0.462 e. The summed E-state index contributed by atoms with van der Waals surface area (Å²) in [5.41, 5.74) is 0. The number of esters is 1. The smallest absolute Gasteiger partial charge is 0.305 e. The molecule has 82 valence electrons. The zero-order chi connectivity index (χ0) is 10.4. The summed E-state index contributed by atoms with van der Waals surface area (Å²) in [4.78, 5) is 11.3. The molecule has 0 amide bonds. The molecular weight excluding hydrogens is 188 g/mol. The van der Waals surface area contributed by atoms with Crippen LogP contribution in [0.15, 0.2) is 12.2 Å². The van der Waals surface area contributed by atoms with Crippen molar-refractivity contribution in [3.8, 4) is 0 Å². The topological polar surface area (TPSA) is 26.3 Å². The maximum absolute atomic E-state index is 11.3. The first-order valence-corrected chi connectivity index (χ1v) is 6.15. The van der Waals surface area contributed by atoms with Crippen molar-refractivity contribution in [3.05, 3.63) is 12.2 Å². The van der Waals surface area contributed by atoms with E-state index in [0.717, 1.165) is 24.2 Å². The summed E-state index contributed by atoms with van der Waals surface area (Å²) in [5, 5.41) is 0. The van der Waals surface area contributed by atoms with E-state index < -0.39 is 0 Å². The van der Waals surface area contributed by atoms with Gasteiger partial charge in [-0.2, -0.15) is 0 Å². The lowest BCUT2D eigenvalue weighted by Gasteiger charge is -2.30. The molecule has 0 aromatic carbocycles. The summed E-state index contributed by atoms with van der Waals surface area (Å²) in [5.74, 6) is 3.04. The number of carbonyl (C=O) groups is 1. The molecule has 0 unspecified atom stereocenters. The summed E-state index contributed by atoms with van der Waals surface area (Å²) in [6, 6.07) is 0. The third-order valence-electron chi connectivity index (χ3n) is 4.51. The molecule has 0 aliphatic heterocycles. The van der Waals surface area contributed by atoms with Gasteiger partial charge in [0.1, 0.15) is 6.10 Å². The van der Waals surface area contributed by atoms with Crippen LogP contribution in [0.5, 0.6) is 0 Å². The predicted octanol–water partition coefficient (Wildman–Crippen LogP) is 2.54. The lowest BCUT2D eigenvalue weighted by atomic mass is 9.80. The predicted molar refractivity (Wildman–Crippen MR) is 57.1 cm³/mol. The first-order chi connectivity index (χ1) is 7.29. The zero-order valence-electron chi connectivity index (χ0n) is 9.19. The van der Waals surface area contributed by atoms with Crippen LogP contribution in [-0.2, 0) is 9.53 Å². The Morgan fingerprint density at radius 2 is 2.27 bits per heavy atom. The van der Waals surface area contributed by atoms with Crippen molar-refractivity contribution in [2.24, 2.45) is 23.7 Å². The summed E-state index contributed by atoms with van der Waals surface area (Å²) >= 11 is 0. The van der Waals surface area contributed by atoms with E-state index in [4.69, 9.17) is 4.74 Å². The molecule has 2 heteroatoms. The van der Waals surface area contributed by atoms with E-state index in [1.54, 1.807) is 0 Å². The minimum Gasteiger partial charge on any atom is -0.462 e. The Hall–Kier alpha value is -0.790. The Labute approximate surface area is 90.7 Å². The third kappa shape index (κ3) is 1.34. The standard InChI is InChI=1S/C13H18O2/c1-2-13(14)15-12-7-8-6-11(12)10-5-3-4-9(8)10/h3-4,8-12H,2,5-7H2,1H3/t8-,9-,10+,11+,12-/m1/s1. The first-order valence-electron chi connectivity index (χ1n) is 6.15. The Morgan fingerprint density at radius 1 is 1.40 bits per heavy atom. The Balaban J connectivity index is 1.69. The van der Waals surface area contributed by atoms with Gasteiger partial charge in [-0.05, 0) is 42.9 Å². The summed E-state index contributed by atoms with van der Waals surface area (Å²) in [7, 11) is 0. The van der Waals surface area contributed by atoms with Crippen molar-refractivity contribution in [3.63, 3.8) is 0 Å². The minimum atomic E-state index is -0.0185. The number of carbonyl (C=O) groups excluding carboxylic acids is 1. The fourth-order valence-corrected chi connectivity index (χ4v) is 3.88. The van der Waals surface area contributed by atoms with Gasteiger partial charge in [0, 0.05) is 6.42 Å². The SMILES string of the molecule is CCC(=O)O[C@@H]1C[C@H]2C[C@H]1[C@H]1CC=C[C@H]21. The van der Waals surface area contributed by atoms with Crippen LogP contribution in [-0.4, -0.2) is 12.1 Å². The molecule has 0 spiro atoms. The molecule has 3 aliphatic rings. The Kier molecular flexibility index (Phi) is 2.11. The first kappa shape index (κ1) is 9.44. The van der Waals surface area contributed by atoms with Gasteiger partial charge in [-0.25, -0.2) is 0 Å². The third-order valence-corrected chi connectivity index (χ3v) is 4.51. The van der Waals surface area contributed by atoms with E-state index in [9.17, 15) is 4.79 Å². The number of ether oxygens (including phenoxy) is 1. The second-order valence-electron chi connectivity index (χ2n) is 5.18. The molecular formula is C13H18O2. The van der Waals surface area contributed by atoms with Gasteiger partial charge in [-0.15, -0.1) is 0 Å². The van der Waals surface area contributed by atoms with Gasteiger partial charge in [0.25, 0.3) is 0 Å². The number of rotatable bonds is 2. The van der Waals surface area contributed by atoms with Gasteiger partial charge >= 0.3 is 5.97 Å². The molecule has 0 saturated heterocycles. The Morgan fingerprint density at radius 3 is 3.07 bits per heavy atom. The molecule has 0 aromatic heterocycles. The highest BCUT2D eigenvalue weighted by molar-refractivity contribution is 5.69. The van der Waals surface area contributed by atoms with Crippen LogP contribution < -0.4 is 0 Å². The maximum Gasteiger partial charge on any atom is 0.305 e. The van der Waals surface area contributed by atoms with Gasteiger partial charge in [0.05, 0.1) is 0 Å². The Bertz CT molecular complexity index is 308. The summed E-state index contributed by atoms with van der Waals surface area (Å²) in [6.07, 6.45) is 9.09. The zero-order valence-corrected chi connectivity index (χ0v) is 9.19. The molecule has 0 aromatic rings. The molecule has 2 fully saturated rings. The highest BCUT2D eigenvalue weighted by Gasteiger charge is 2.53. The average molecular weight is 206 g/mol. The molecule has 5 atom stereocenters. The van der Waals surface area contributed by atoms with Crippen molar-refractivity contribution < 1.29 is 9.53 Å². The van der Waals surface area contributed by atoms with E-state index in [2.05, 4.69) is 12.2 Å². The molecule has 3 rings (SSSR count). The monoisotopic (exact) mass is 206 g/mol. The van der Waals surface area contributed by atoms with E-state index in [0.29, 0.717) is 12.3 Å². The van der Waals surface area contributed by atoms with Crippen molar-refractivity contribution in [2.75, 3.05) is 0 Å². The van der Waals surface area contributed by atoms with Gasteiger partial charge in [-0.3, -0.25) is 4.79 Å². The lowest BCUT2D eigenvalue weighted by molar-refractivity contribution is -0.152. The maximum atomic E-state index is 11.3. The lowest BCUT2D eigenvalue weighted by Crippen LogP contribution is -2.32. The average Bonchev–Trinajstić information content (AvgIpc) is 2.87. The van der Waals surface area contributed by atoms with Crippen LogP contribution >= 0.6 is 0 Å². The van der Waals surface area contributed by atoms with Crippen LogP contribution in [0, 0.1) is 23.7 Å². The molecule has 0 radical (unpaired) electrons. The molecule has 0 N–H and O–H groups in total. The normalized spacial score (nSPS) is 45.8. The van der Waals surface area contributed by atoms with E-state index in [1.165, 1.54) is 12.8 Å². The quantitative estimate of drug-likeness (QED) is 0.512. The molecule has 2 nitrogen and oxygen atoms in total. The molecule has 15 heavy (non-hydrogen) atoms. The van der Waals surface area contributed by atoms with Crippen LogP contribution in [0.2, 0.25) is 0 Å². The summed E-state index contributed by atoms with van der Waals surface area (Å²) in [6.45, 7) is 1.87. The fourth-order valence-electron chi connectivity index (χ4n) is 3.88. The van der Waals surface area contributed by atoms with E-state index >= 15 is 0 Å². The second kappa shape index (κ2) is 3.36. The molecule has 3 aliphatic carbocycles. The number of fused-ring (bicyclic) bond motifs is 5. The van der Waals surface area contributed by atoms with Gasteiger partial charge in [0.2, 0.25) is 0 Å². The highest BCUT2D eigenvalue weighted by atomic mass is 16.5. The van der Waals surface area contributed by atoms with Gasteiger partial charge < -0.3 is 4.74 Å². The van der Waals surface area contributed by atoms with E-state index in [-0.39, 0.29) is 12.1 Å². The van der Waals surface area contributed by atoms with Crippen LogP contribution in [0.25, 0.3) is 0 Å². The molecule has 2 saturated carbocycles. The fraction of sp³-hybridized carbons (Fsp3) is 0.769. The van der Waals surface area contributed by atoms with Crippen molar-refractivity contribution in [1.82, 2.24) is 0 Å². The second-order valence-corrected chi connectivity index (χ2v) is 5.18. The highest BCUT2D eigenvalue weighted by Crippen LogP contribution is 2.57. The number of hydrogen-bond acceptors (Lipinski definition) is 2. The minimum absolute atomic E-state index is 0.0185. The number of hydrogen-bond donors (Lipinski definition) is 0. The molecule has 2 bridgehead atoms. The number of allylic oxidation sites excluding steroid dienone is 2. The van der Waals surface area contributed by atoms with Crippen LogP contribution in [0.4, 0.5) is 0 Å².